The molecule has 2 aromatic rings. The van der Waals surface area contributed by atoms with Gasteiger partial charge in [0.15, 0.2) is 0 Å². The van der Waals surface area contributed by atoms with Crippen molar-refractivity contribution < 1.29 is 14.7 Å². The lowest BCUT2D eigenvalue weighted by molar-refractivity contribution is -0.143. The van der Waals surface area contributed by atoms with Crippen molar-refractivity contribution in [1.29, 1.82) is 0 Å². The molecule has 2 rings (SSSR count). The molecule has 0 saturated carbocycles. The van der Waals surface area contributed by atoms with Gasteiger partial charge in [-0.3, -0.25) is 9.59 Å². The number of nitrogens with zero attached hydrogens (tertiary/aromatic N) is 1. The molecule has 0 bridgehead atoms. The lowest BCUT2D eigenvalue weighted by Crippen LogP contribution is -2.46. The minimum absolute atomic E-state index is 0.0530. The van der Waals surface area contributed by atoms with Crippen LogP contribution >= 0.6 is 0 Å². The van der Waals surface area contributed by atoms with Crippen molar-refractivity contribution in [3.63, 3.8) is 0 Å². The average Bonchev–Trinajstić information content (AvgIpc) is 2.90. The Morgan fingerprint density at radius 1 is 1.16 bits per heavy atom. The topological polar surface area (TPSA) is 71.3 Å². The van der Waals surface area contributed by atoms with Gasteiger partial charge < -0.3 is 15.0 Å². The highest BCUT2D eigenvalue weighted by molar-refractivity contribution is 5.96. The van der Waals surface area contributed by atoms with E-state index in [0.717, 1.165) is 17.9 Å². The van der Waals surface area contributed by atoms with Gasteiger partial charge in [-0.1, -0.05) is 37.3 Å². The van der Waals surface area contributed by atoms with E-state index in [9.17, 15) is 14.7 Å². The van der Waals surface area contributed by atoms with Crippen molar-refractivity contribution in [1.82, 2.24) is 9.88 Å². The van der Waals surface area contributed by atoms with Crippen LogP contribution in [0.15, 0.2) is 36.4 Å². The maximum absolute atomic E-state index is 12.6. The standard InChI is InChI=1S/C20H26N2O3/c1-5-20(19(24)25,16-10-8-7-9-11-16)13-21-18(23)17-12-14(3)22(6-2)15(17)4/h7-12H,5-6,13H2,1-4H3,(H,21,23)(H,24,25). The number of carbonyl (C=O) groups excluding carboxylic acids is 1. The van der Waals surface area contributed by atoms with Gasteiger partial charge in [-0.25, -0.2) is 0 Å². The fraction of sp³-hybridized carbons (Fsp3) is 0.400. The number of amides is 1. The zero-order valence-corrected chi connectivity index (χ0v) is 15.3. The molecule has 1 atom stereocenters. The van der Waals surface area contributed by atoms with Crippen LogP contribution < -0.4 is 5.32 Å². The number of aromatic nitrogens is 1. The minimum atomic E-state index is -1.13. The summed E-state index contributed by atoms with van der Waals surface area (Å²) in [4.78, 5) is 24.7. The zero-order chi connectivity index (χ0) is 18.6. The molecule has 0 spiro atoms. The predicted octanol–water partition coefficient (Wildman–Crippen LogP) is 3.29. The molecule has 0 fully saturated rings. The van der Waals surface area contributed by atoms with E-state index in [-0.39, 0.29) is 12.5 Å². The highest BCUT2D eigenvalue weighted by atomic mass is 16.4. The summed E-state index contributed by atoms with van der Waals surface area (Å²) in [6.45, 7) is 8.58. The normalized spacial score (nSPS) is 13.3. The first-order valence-corrected chi connectivity index (χ1v) is 8.61. The Kier molecular flexibility index (Phi) is 5.67. The van der Waals surface area contributed by atoms with Crippen LogP contribution in [-0.2, 0) is 16.8 Å². The molecule has 5 heteroatoms. The number of aryl methyl sites for hydroxylation is 1. The van der Waals surface area contributed by atoms with E-state index in [2.05, 4.69) is 9.88 Å². The van der Waals surface area contributed by atoms with Gasteiger partial charge in [-0.2, -0.15) is 0 Å². The number of hydrogen-bond acceptors (Lipinski definition) is 2. The number of nitrogens with one attached hydrogen (secondary N) is 1. The molecule has 1 heterocycles. The van der Waals surface area contributed by atoms with E-state index in [1.807, 2.05) is 52.0 Å². The first kappa shape index (κ1) is 18.8. The predicted molar refractivity (Wildman–Crippen MR) is 98.0 cm³/mol. The first-order chi connectivity index (χ1) is 11.9. The molecule has 1 amide bonds. The molecular formula is C20H26N2O3. The van der Waals surface area contributed by atoms with E-state index < -0.39 is 11.4 Å². The van der Waals surface area contributed by atoms with Crippen molar-refractivity contribution in [2.75, 3.05) is 6.54 Å². The summed E-state index contributed by atoms with van der Waals surface area (Å²) in [5.41, 5.74) is 2.09. The van der Waals surface area contributed by atoms with Gasteiger partial charge in [-0.15, -0.1) is 0 Å². The molecule has 0 aliphatic heterocycles. The van der Waals surface area contributed by atoms with E-state index >= 15 is 0 Å². The summed E-state index contributed by atoms with van der Waals surface area (Å²) >= 11 is 0. The molecule has 2 N–H and O–H groups in total. The molecule has 1 aromatic heterocycles. The second-order valence-corrected chi connectivity index (χ2v) is 6.32. The van der Waals surface area contributed by atoms with Gasteiger partial charge in [-0.05, 0) is 38.8 Å². The summed E-state index contributed by atoms with van der Waals surface area (Å²) in [6, 6.07) is 10.9. The van der Waals surface area contributed by atoms with Crippen LogP contribution in [0.25, 0.3) is 0 Å². The van der Waals surface area contributed by atoms with Crippen LogP contribution in [0.4, 0.5) is 0 Å². The molecule has 0 radical (unpaired) electrons. The number of hydrogen-bond donors (Lipinski definition) is 2. The summed E-state index contributed by atoms with van der Waals surface area (Å²) < 4.78 is 2.07. The largest absolute Gasteiger partial charge is 0.481 e. The second kappa shape index (κ2) is 7.55. The van der Waals surface area contributed by atoms with Gasteiger partial charge in [0.25, 0.3) is 5.91 Å². The number of aliphatic carboxylic acids is 1. The third-order valence-corrected chi connectivity index (χ3v) is 5.02. The van der Waals surface area contributed by atoms with E-state index in [0.29, 0.717) is 17.5 Å². The molecular weight excluding hydrogens is 316 g/mol. The Morgan fingerprint density at radius 3 is 2.28 bits per heavy atom. The average molecular weight is 342 g/mol. The minimum Gasteiger partial charge on any atom is -0.481 e. The molecule has 0 aliphatic rings. The third-order valence-electron chi connectivity index (χ3n) is 5.02. The van der Waals surface area contributed by atoms with Crippen molar-refractivity contribution in [3.05, 3.63) is 58.9 Å². The van der Waals surface area contributed by atoms with Crippen molar-refractivity contribution in [2.24, 2.45) is 0 Å². The van der Waals surface area contributed by atoms with E-state index in [1.54, 1.807) is 12.1 Å². The molecule has 5 nitrogen and oxygen atoms in total. The summed E-state index contributed by atoms with van der Waals surface area (Å²) in [5, 5.41) is 12.7. The Bertz CT molecular complexity index is 765. The smallest absolute Gasteiger partial charge is 0.315 e. The van der Waals surface area contributed by atoms with Gasteiger partial charge in [0.1, 0.15) is 5.41 Å². The summed E-state index contributed by atoms with van der Waals surface area (Å²) in [5.74, 6) is -1.16. The Morgan fingerprint density at radius 2 is 1.80 bits per heavy atom. The third kappa shape index (κ3) is 3.45. The van der Waals surface area contributed by atoms with Crippen LogP contribution in [0.1, 0.15) is 47.6 Å². The second-order valence-electron chi connectivity index (χ2n) is 6.32. The van der Waals surface area contributed by atoms with Crippen LogP contribution in [0.3, 0.4) is 0 Å². The fourth-order valence-corrected chi connectivity index (χ4v) is 3.38. The highest BCUT2D eigenvalue weighted by Crippen LogP contribution is 2.28. The Balaban J connectivity index is 2.27. The summed E-state index contributed by atoms with van der Waals surface area (Å²) in [7, 11) is 0. The SMILES string of the molecule is CCn1c(C)cc(C(=O)NCC(CC)(C(=O)O)c2ccccc2)c1C. The van der Waals surface area contributed by atoms with E-state index in [4.69, 9.17) is 0 Å². The number of rotatable bonds is 7. The zero-order valence-electron chi connectivity index (χ0n) is 15.3. The number of carboxylic acid groups (broad SMARTS) is 1. The van der Waals surface area contributed by atoms with Crippen molar-refractivity contribution in [3.8, 4) is 0 Å². The lowest BCUT2D eigenvalue weighted by atomic mass is 9.78. The highest BCUT2D eigenvalue weighted by Gasteiger charge is 2.39. The van der Waals surface area contributed by atoms with Gasteiger partial charge in [0, 0.05) is 24.5 Å². The molecule has 25 heavy (non-hydrogen) atoms. The fourth-order valence-electron chi connectivity index (χ4n) is 3.38. The maximum Gasteiger partial charge on any atom is 0.315 e. The maximum atomic E-state index is 12.6. The van der Waals surface area contributed by atoms with Crippen molar-refractivity contribution in [2.45, 2.75) is 46.1 Å². The van der Waals surface area contributed by atoms with Crippen molar-refractivity contribution >= 4 is 11.9 Å². The molecule has 1 unspecified atom stereocenters. The quantitative estimate of drug-likeness (QED) is 0.811. The van der Waals surface area contributed by atoms with Crippen LogP contribution in [0, 0.1) is 13.8 Å². The molecule has 0 aliphatic carbocycles. The van der Waals surface area contributed by atoms with Crippen LogP contribution in [-0.4, -0.2) is 28.1 Å². The van der Waals surface area contributed by atoms with Gasteiger partial charge >= 0.3 is 5.97 Å². The monoisotopic (exact) mass is 342 g/mol. The van der Waals surface area contributed by atoms with Gasteiger partial charge in [0.05, 0.1) is 5.56 Å². The van der Waals surface area contributed by atoms with E-state index in [1.165, 1.54) is 0 Å². The lowest BCUT2D eigenvalue weighted by Gasteiger charge is -2.29. The molecule has 134 valence electrons. The van der Waals surface area contributed by atoms with Gasteiger partial charge in [0.2, 0.25) is 0 Å². The first-order valence-electron chi connectivity index (χ1n) is 8.61. The molecule has 1 aromatic carbocycles. The molecule has 0 saturated heterocycles. The van der Waals surface area contributed by atoms with Crippen LogP contribution in [0.5, 0.6) is 0 Å². The summed E-state index contributed by atoms with van der Waals surface area (Å²) in [6.07, 6.45) is 0.389. The Labute approximate surface area is 148 Å². The Hall–Kier alpha value is -2.56. The number of carboxylic acids is 1. The van der Waals surface area contributed by atoms with Crippen LogP contribution in [0.2, 0.25) is 0 Å². The number of carbonyl (C=O) groups is 2. The number of benzene rings is 1.